The molecule has 2 aromatic rings. The summed E-state index contributed by atoms with van der Waals surface area (Å²) in [5.41, 5.74) is 7.19. The normalized spacial score (nSPS) is 10.5. The van der Waals surface area contributed by atoms with Gasteiger partial charge in [-0.25, -0.2) is 9.97 Å². The zero-order chi connectivity index (χ0) is 12.4. The van der Waals surface area contributed by atoms with Crippen LogP contribution in [0, 0.1) is 6.92 Å². The van der Waals surface area contributed by atoms with Crippen molar-refractivity contribution in [2.75, 3.05) is 17.7 Å². The monoisotopic (exact) mass is 268 g/mol. The Morgan fingerprint density at radius 1 is 1.53 bits per heavy atom. The summed E-state index contributed by atoms with van der Waals surface area (Å²) in [5, 5.41) is 3.65. The number of hydrogen-bond acceptors (Lipinski definition) is 5. The van der Waals surface area contributed by atoms with Crippen molar-refractivity contribution in [3.63, 3.8) is 0 Å². The molecule has 0 saturated heterocycles. The number of rotatable bonds is 3. The predicted molar refractivity (Wildman–Crippen MR) is 72.6 cm³/mol. The van der Waals surface area contributed by atoms with Gasteiger partial charge in [0, 0.05) is 12.4 Å². The van der Waals surface area contributed by atoms with Gasteiger partial charge in [0.1, 0.15) is 5.82 Å². The van der Waals surface area contributed by atoms with Gasteiger partial charge in [-0.3, -0.25) is 0 Å². The molecule has 0 fully saturated rings. The van der Waals surface area contributed by atoms with Gasteiger partial charge in [0.25, 0.3) is 0 Å². The fraction of sp³-hybridized carbons (Fsp3) is 0.273. The van der Waals surface area contributed by atoms with E-state index >= 15 is 0 Å². The Morgan fingerprint density at radius 2 is 2.29 bits per heavy atom. The smallest absolute Gasteiger partial charge is 0.147 e. The number of nitrogen functional groups attached to an aromatic ring is 1. The minimum Gasteiger partial charge on any atom is -0.397 e. The standard InChI is InChI=1S/C11H13ClN4S/c1-7-15-9(6-17-7)5-16(2)11-10(12)3-8(13)4-14-11/h3-4,6H,5,13H2,1-2H3. The molecule has 6 heteroatoms. The van der Waals surface area contributed by atoms with Crippen molar-refractivity contribution in [3.8, 4) is 0 Å². The van der Waals surface area contributed by atoms with Crippen molar-refractivity contribution in [2.45, 2.75) is 13.5 Å². The van der Waals surface area contributed by atoms with Gasteiger partial charge in [0.2, 0.25) is 0 Å². The third kappa shape index (κ3) is 2.87. The van der Waals surface area contributed by atoms with Crippen LogP contribution in [0.25, 0.3) is 0 Å². The highest BCUT2D eigenvalue weighted by Gasteiger charge is 2.10. The van der Waals surface area contributed by atoms with Crippen LogP contribution in [-0.2, 0) is 6.54 Å². The minimum atomic E-state index is 0.555. The summed E-state index contributed by atoms with van der Waals surface area (Å²) < 4.78 is 0. The first kappa shape index (κ1) is 12.1. The first-order chi connectivity index (χ1) is 8.06. The number of aromatic nitrogens is 2. The zero-order valence-corrected chi connectivity index (χ0v) is 11.2. The Labute approximate surface area is 109 Å². The third-order valence-corrected chi connectivity index (χ3v) is 3.37. The van der Waals surface area contributed by atoms with Crippen LogP contribution in [0.5, 0.6) is 0 Å². The summed E-state index contributed by atoms with van der Waals surface area (Å²) in [6, 6.07) is 1.70. The van der Waals surface area contributed by atoms with Gasteiger partial charge < -0.3 is 10.6 Å². The predicted octanol–water partition coefficient (Wildman–Crippen LogP) is 2.72. The summed E-state index contributed by atoms with van der Waals surface area (Å²) in [4.78, 5) is 10.6. The molecule has 0 spiro atoms. The van der Waals surface area contributed by atoms with Crippen LogP contribution >= 0.6 is 22.9 Å². The molecular weight excluding hydrogens is 256 g/mol. The van der Waals surface area contributed by atoms with Crippen molar-refractivity contribution < 1.29 is 0 Å². The van der Waals surface area contributed by atoms with Crippen LogP contribution in [-0.4, -0.2) is 17.0 Å². The lowest BCUT2D eigenvalue weighted by atomic mass is 10.3. The average molecular weight is 269 g/mol. The zero-order valence-electron chi connectivity index (χ0n) is 9.64. The maximum absolute atomic E-state index is 6.09. The Balaban J connectivity index is 2.17. The van der Waals surface area contributed by atoms with E-state index in [4.69, 9.17) is 17.3 Å². The highest BCUT2D eigenvalue weighted by atomic mass is 35.5. The molecule has 4 nitrogen and oxygen atoms in total. The van der Waals surface area contributed by atoms with Gasteiger partial charge in [-0.05, 0) is 13.0 Å². The van der Waals surface area contributed by atoms with E-state index in [0.29, 0.717) is 23.1 Å². The second kappa shape index (κ2) is 4.89. The van der Waals surface area contributed by atoms with Gasteiger partial charge in [0.05, 0.1) is 34.2 Å². The topological polar surface area (TPSA) is 55.0 Å². The minimum absolute atomic E-state index is 0.555. The van der Waals surface area contributed by atoms with Crippen LogP contribution in [0.15, 0.2) is 17.6 Å². The van der Waals surface area contributed by atoms with Crippen LogP contribution in [0.4, 0.5) is 11.5 Å². The Kier molecular flexibility index (Phi) is 3.49. The first-order valence-electron chi connectivity index (χ1n) is 5.09. The van der Waals surface area contributed by atoms with E-state index in [-0.39, 0.29) is 0 Å². The van der Waals surface area contributed by atoms with Gasteiger partial charge >= 0.3 is 0 Å². The summed E-state index contributed by atoms with van der Waals surface area (Å²) in [6.07, 6.45) is 1.60. The second-order valence-corrected chi connectivity index (χ2v) is 5.26. The van der Waals surface area contributed by atoms with Crippen LogP contribution in [0.1, 0.15) is 10.7 Å². The van der Waals surface area contributed by atoms with Gasteiger partial charge in [-0.1, -0.05) is 11.6 Å². The molecule has 17 heavy (non-hydrogen) atoms. The van der Waals surface area contributed by atoms with E-state index in [1.165, 1.54) is 0 Å². The lowest BCUT2D eigenvalue weighted by Gasteiger charge is -2.18. The number of hydrogen-bond donors (Lipinski definition) is 1. The number of aryl methyl sites for hydroxylation is 1. The molecular formula is C11H13ClN4S. The molecule has 0 radical (unpaired) electrons. The first-order valence-corrected chi connectivity index (χ1v) is 6.35. The third-order valence-electron chi connectivity index (χ3n) is 2.27. The van der Waals surface area contributed by atoms with Crippen LogP contribution in [0.3, 0.4) is 0 Å². The SMILES string of the molecule is Cc1nc(CN(C)c2ncc(N)cc2Cl)cs1. The molecule has 2 N–H and O–H groups in total. The van der Waals surface area contributed by atoms with E-state index < -0.39 is 0 Å². The Hall–Kier alpha value is -1.33. The van der Waals surface area contributed by atoms with Crippen molar-refractivity contribution >= 4 is 34.4 Å². The molecule has 0 unspecified atom stereocenters. The van der Waals surface area contributed by atoms with Gasteiger partial charge in [0.15, 0.2) is 0 Å². The van der Waals surface area contributed by atoms with Crippen molar-refractivity contribution in [3.05, 3.63) is 33.4 Å². The molecule has 90 valence electrons. The highest BCUT2D eigenvalue weighted by Crippen LogP contribution is 2.25. The van der Waals surface area contributed by atoms with Crippen molar-refractivity contribution in [2.24, 2.45) is 0 Å². The van der Waals surface area contributed by atoms with Crippen molar-refractivity contribution in [1.29, 1.82) is 0 Å². The molecule has 2 aromatic heterocycles. The number of halogens is 1. The maximum Gasteiger partial charge on any atom is 0.147 e. The molecule has 0 aromatic carbocycles. The number of nitrogens with two attached hydrogens (primary N) is 1. The molecule has 0 bridgehead atoms. The largest absolute Gasteiger partial charge is 0.397 e. The lowest BCUT2D eigenvalue weighted by molar-refractivity contribution is 0.871. The highest BCUT2D eigenvalue weighted by molar-refractivity contribution is 7.09. The second-order valence-electron chi connectivity index (χ2n) is 3.79. The summed E-state index contributed by atoms with van der Waals surface area (Å²) in [6.45, 7) is 2.67. The molecule has 0 aliphatic heterocycles. The number of pyridine rings is 1. The van der Waals surface area contributed by atoms with E-state index in [1.807, 2.05) is 24.3 Å². The van der Waals surface area contributed by atoms with E-state index in [0.717, 1.165) is 10.7 Å². The number of anilines is 2. The van der Waals surface area contributed by atoms with Crippen LogP contribution in [0.2, 0.25) is 5.02 Å². The fourth-order valence-electron chi connectivity index (χ4n) is 1.53. The van der Waals surface area contributed by atoms with Crippen LogP contribution < -0.4 is 10.6 Å². The number of thiazole rings is 1. The van der Waals surface area contributed by atoms with E-state index in [1.54, 1.807) is 23.6 Å². The van der Waals surface area contributed by atoms with Gasteiger partial charge in [-0.15, -0.1) is 11.3 Å². The fourth-order valence-corrected chi connectivity index (χ4v) is 2.45. The lowest BCUT2D eigenvalue weighted by Crippen LogP contribution is -2.18. The molecule has 0 saturated carbocycles. The summed E-state index contributed by atoms with van der Waals surface area (Å²) >= 11 is 7.73. The molecule has 0 atom stereocenters. The number of nitrogens with zero attached hydrogens (tertiary/aromatic N) is 3. The average Bonchev–Trinajstić information content (AvgIpc) is 2.63. The summed E-state index contributed by atoms with van der Waals surface area (Å²) in [5.74, 6) is 0.714. The van der Waals surface area contributed by atoms with Gasteiger partial charge in [-0.2, -0.15) is 0 Å². The molecule has 0 aliphatic rings. The molecule has 2 heterocycles. The Morgan fingerprint density at radius 3 is 2.88 bits per heavy atom. The van der Waals surface area contributed by atoms with E-state index in [2.05, 4.69) is 9.97 Å². The van der Waals surface area contributed by atoms with Crippen molar-refractivity contribution in [1.82, 2.24) is 9.97 Å². The molecule has 2 rings (SSSR count). The quantitative estimate of drug-likeness (QED) is 0.930. The molecule has 0 aliphatic carbocycles. The Bertz CT molecular complexity index is 526. The molecule has 0 amide bonds. The van der Waals surface area contributed by atoms with E-state index in [9.17, 15) is 0 Å². The summed E-state index contributed by atoms with van der Waals surface area (Å²) in [7, 11) is 1.93. The maximum atomic E-state index is 6.09.